The fourth-order valence-electron chi connectivity index (χ4n) is 3.77. The van der Waals surface area contributed by atoms with E-state index in [0.717, 1.165) is 11.0 Å². The molecule has 0 unspecified atom stereocenters. The van der Waals surface area contributed by atoms with Gasteiger partial charge in [-0.1, -0.05) is 0 Å². The van der Waals surface area contributed by atoms with Crippen LogP contribution in [0.2, 0.25) is 0 Å². The maximum atomic E-state index is 14.6. The van der Waals surface area contributed by atoms with Crippen molar-refractivity contribution in [3.8, 4) is 11.4 Å². The van der Waals surface area contributed by atoms with Crippen molar-refractivity contribution in [2.45, 2.75) is 36.3 Å². The molecule has 15 heteroatoms. The van der Waals surface area contributed by atoms with E-state index < -0.39 is 80.1 Å². The van der Waals surface area contributed by atoms with Gasteiger partial charge in [-0.25, -0.2) is 17.8 Å². The number of rotatable bonds is 3. The number of H-pyrrole nitrogens is 1. The average molecular weight is 485 g/mol. The zero-order chi connectivity index (χ0) is 23.6. The van der Waals surface area contributed by atoms with Crippen LogP contribution in [-0.2, 0) is 23.2 Å². The highest BCUT2D eigenvalue weighted by Crippen LogP contribution is 2.43. The molecule has 1 aromatic carbocycles. The molecule has 1 atom stereocenters. The molecule has 1 aliphatic heterocycles. The van der Waals surface area contributed by atoms with Crippen LogP contribution < -0.4 is 0 Å². The zero-order valence-corrected chi connectivity index (χ0v) is 16.9. The van der Waals surface area contributed by atoms with Gasteiger partial charge in [0.05, 0.1) is 11.1 Å². The van der Waals surface area contributed by atoms with E-state index in [1.54, 1.807) is 0 Å². The van der Waals surface area contributed by atoms with Gasteiger partial charge in [-0.3, -0.25) is 4.68 Å². The Morgan fingerprint density at radius 2 is 1.84 bits per heavy atom. The SMILES string of the molecule is Cn1cnc(-c2c(C(F)(F)F)cc(F)c3[nH]c(S(=O)(=O)N4CCC[C@H]4C(F)(F)F)cc23)n1. The van der Waals surface area contributed by atoms with Crippen molar-refractivity contribution in [3.63, 3.8) is 0 Å². The number of aryl methyl sites for hydroxylation is 1. The van der Waals surface area contributed by atoms with Crippen molar-refractivity contribution < 1.29 is 39.2 Å². The monoisotopic (exact) mass is 485 g/mol. The van der Waals surface area contributed by atoms with E-state index in [-0.39, 0.29) is 16.8 Å². The predicted octanol–water partition coefficient (Wildman–Crippen LogP) is 3.84. The first kappa shape index (κ1) is 22.5. The number of sulfonamides is 1. The van der Waals surface area contributed by atoms with Crippen LogP contribution in [0.1, 0.15) is 18.4 Å². The summed E-state index contributed by atoms with van der Waals surface area (Å²) in [6, 6.07) is -1.44. The van der Waals surface area contributed by atoms with E-state index >= 15 is 0 Å². The molecule has 7 nitrogen and oxygen atoms in total. The third-order valence-corrected chi connectivity index (χ3v) is 6.97. The third-order valence-electron chi connectivity index (χ3n) is 5.14. The number of aromatic amines is 1. The van der Waals surface area contributed by atoms with E-state index in [9.17, 15) is 39.2 Å². The van der Waals surface area contributed by atoms with Crippen molar-refractivity contribution in [1.29, 1.82) is 0 Å². The molecule has 1 saturated heterocycles. The number of halogens is 7. The van der Waals surface area contributed by atoms with Gasteiger partial charge in [0.1, 0.15) is 23.2 Å². The second-order valence-electron chi connectivity index (χ2n) is 7.26. The number of nitrogens with one attached hydrogen (secondary N) is 1. The molecular weight excluding hydrogens is 471 g/mol. The number of hydrogen-bond acceptors (Lipinski definition) is 4. The van der Waals surface area contributed by atoms with Crippen LogP contribution in [0, 0.1) is 5.82 Å². The number of aromatic nitrogens is 4. The van der Waals surface area contributed by atoms with Crippen molar-refractivity contribution in [2.24, 2.45) is 7.05 Å². The fourth-order valence-corrected chi connectivity index (χ4v) is 5.45. The molecule has 2 aromatic heterocycles. The molecule has 4 rings (SSSR count). The first-order chi connectivity index (χ1) is 14.7. The lowest BCUT2D eigenvalue weighted by Gasteiger charge is -2.25. The van der Waals surface area contributed by atoms with Crippen LogP contribution >= 0.6 is 0 Å². The van der Waals surface area contributed by atoms with Crippen LogP contribution in [0.15, 0.2) is 23.5 Å². The highest BCUT2D eigenvalue weighted by molar-refractivity contribution is 7.89. The van der Waals surface area contributed by atoms with E-state index in [2.05, 4.69) is 15.1 Å². The molecule has 0 radical (unpaired) electrons. The van der Waals surface area contributed by atoms with E-state index in [1.807, 2.05) is 0 Å². The molecule has 3 heterocycles. The smallest absolute Gasteiger partial charge is 0.342 e. The second-order valence-corrected chi connectivity index (χ2v) is 9.12. The van der Waals surface area contributed by atoms with Gasteiger partial charge >= 0.3 is 12.4 Å². The lowest BCUT2D eigenvalue weighted by atomic mass is 10.0. The van der Waals surface area contributed by atoms with E-state index in [1.165, 1.54) is 7.05 Å². The maximum Gasteiger partial charge on any atom is 0.417 e. The van der Waals surface area contributed by atoms with Crippen molar-refractivity contribution in [3.05, 3.63) is 29.8 Å². The molecule has 0 spiro atoms. The minimum Gasteiger partial charge on any atom is -0.342 e. The Hall–Kier alpha value is -2.68. The average Bonchev–Trinajstić information content (AvgIpc) is 3.39. The molecule has 1 aliphatic rings. The zero-order valence-electron chi connectivity index (χ0n) is 16.1. The summed E-state index contributed by atoms with van der Waals surface area (Å²) in [6.07, 6.45) is -9.31. The molecule has 3 aromatic rings. The minimum atomic E-state index is -5.05. The molecular formula is C17H14F7N5O2S. The number of alkyl halides is 6. The summed E-state index contributed by atoms with van der Waals surface area (Å²) >= 11 is 0. The first-order valence-corrected chi connectivity index (χ1v) is 10.5. The van der Waals surface area contributed by atoms with Crippen molar-refractivity contribution in [2.75, 3.05) is 6.54 Å². The van der Waals surface area contributed by atoms with Crippen LogP contribution in [0.25, 0.3) is 22.3 Å². The summed E-state index contributed by atoms with van der Waals surface area (Å²) in [7, 11) is -3.45. The highest BCUT2D eigenvalue weighted by atomic mass is 32.2. The van der Waals surface area contributed by atoms with Gasteiger partial charge in [-0.15, -0.1) is 0 Å². The van der Waals surface area contributed by atoms with Crippen LogP contribution in [0.3, 0.4) is 0 Å². The highest BCUT2D eigenvalue weighted by Gasteiger charge is 2.51. The standard InChI is InChI=1S/C17H14F7N5O2S/c1-28-7-25-15(27-28)13-8-5-12(26-14(8)10(18)6-9(13)16(19,20)21)32(30,31)29-4-2-3-11(29)17(22,23)24/h5-7,11,26H,2-4H2,1H3/t11-/m0/s1. The summed E-state index contributed by atoms with van der Waals surface area (Å²) in [5.74, 6) is -1.88. The summed E-state index contributed by atoms with van der Waals surface area (Å²) in [6.45, 7) is -0.438. The molecule has 1 N–H and O–H groups in total. The molecule has 0 amide bonds. The van der Waals surface area contributed by atoms with E-state index in [4.69, 9.17) is 0 Å². The van der Waals surface area contributed by atoms with E-state index in [0.29, 0.717) is 6.07 Å². The van der Waals surface area contributed by atoms with Crippen molar-refractivity contribution in [1.82, 2.24) is 24.1 Å². The Balaban J connectivity index is 1.96. The maximum absolute atomic E-state index is 14.6. The molecule has 0 bridgehead atoms. The van der Waals surface area contributed by atoms with Gasteiger partial charge in [0.2, 0.25) is 0 Å². The summed E-state index contributed by atoms with van der Waals surface area (Å²) in [5.41, 5.74) is -2.77. The lowest BCUT2D eigenvalue weighted by molar-refractivity contribution is -0.165. The van der Waals surface area contributed by atoms with Crippen LogP contribution in [0.4, 0.5) is 30.7 Å². The largest absolute Gasteiger partial charge is 0.417 e. The molecule has 32 heavy (non-hydrogen) atoms. The Morgan fingerprint density at radius 1 is 1.16 bits per heavy atom. The summed E-state index contributed by atoms with van der Waals surface area (Å²) in [5, 5.41) is 2.40. The predicted molar refractivity (Wildman–Crippen MR) is 96.2 cm³/mol. The van der Waals surface area contributed by atoms with Crippen LogP contribution in [-0.4, -0.2) is 51.2 Å². The quantitative estimate of drug-likeness (QED) is 0.572. The van der Waals surface area contributed by atoms with Crippen LogP contribution in [0.5, 0.6) is 0 Å². The number of benzene rings is 1. The molecule has 174 valence electrons. The number of hydrogen-bond donors (Lipinski definition) is 1. The Bertz CT molecular complexity index is 1290. The molecule has 1 fully saturated rings. The first-order valence-electron chi connectivity index (χ1n) is 9.08. The molecule has 0 saturated carbocycles. The Labute approximate surface area is 175 Å². The van der Waals surface area contributed by atoms with Gasteiger partial charge < -0.3 is 4.98 Å². The third kappa shape index (κ3) is 3.62. The minimum absolute atomic E-state index is 0.0562. The van der Waals surface area contributed by atoms with Gasteiger partial charge in [-0.05, 0) is 25.0 Å². The number of fused-ring (bicyclic) bond motifs is 1. The summed E-state index contributed by atoms with van der Waals surface area (Å²) in [4.78, 5) is 5.89. The van der Waals surface area contributed by atoms with Gasteiger partial charge in [-0.2, -0.15) is 35.7 Å². The fraction of sp³-hybridized carbons (Fsp3) is 0.412. The van der Waals surface area contributed by atoms with Crippen molar-refractivity contribution >= 4 is 20.9 Å². The lowest BCUT2D eigenvalue weighted by Crippen LogP contribution is -2.44. The van der Waals surface area contributed by atoms with Gasteiger partial charge in [0.15, 0.2) is 5.82 Å². The van der Waals surface area contributed by atoms with Gasteiger partial charge in [0, 0.05) is 24.5 Å². The van der Waals surface area contributed by atoms with Gasteiger partial charge in [0.25, 0.3) is 10.0 Å². The normalized spacial score (nSPS) is 18.7. The Kier molecular flexibility index (Phi) is 5.04. The summed E-state index contributed by atoms with van der Waals surface area (Å²) < 4.78 is 122. The second kappa shape index (κ2) is 7.16. The molecule has 0 aliphatic carbocycles. The Morgan fingerprint density at radius 3 is 2.41 bits per heavy atom. The number of nitrogens with zero attached hydrogens (tertiary/aromatic N) is 4. The topological polar surface area (TPSA) is 83.9 Å².